The Hall–Kier alpha value is -3.04. The third-order valence-electron chi connectivity index (χ3n) is 5.24. The van der Waals surface area contributed by atoms with Crippen molar-refractivity contribution in [2.45, 2.75) is 38.1 Å². The van der Waals surface area contributed by atoms with Crippen LogP contribution in [-0.2, 0) is 21.2 Å². The number of aliphatic imine (C=N–C) groups is 1. The highest BCUT2D eigenvalue weighted by Crippen LogP contribution is 2.25. The van der Waals surface area contributed by atoms with Gasteiger partial charge in [0.05, 0.1) is 4.90 Å². The molecule has 0 spiro atoms. The van der Waals surface area contributed by atoms with Crippen molar-refractivity contribution < 1.29 is 13.2 Å². The van der Waals surface area contributed by atoms with E-state index in [0.29, 0.717) is 10.7 Å². The van der Waals surface area contributed by atoms with E-state index in [9.17, 15) is 13.2 Å². The first kappa shape index (κ1) is 22.2. The number of amides is 1. The van der Waals surface area contributed by atoms with E-state index in [-0.39, 0.29) is 22.6 Å². The molecule has 2 heterocycles. The van der Waals surface area contributed by atoms with E-state index >= 15 is 0 Å². The van der Waals surface area contributed by atoms with Crippen molar-refractivity contribution in [3.8, 4) is 0 Å². The number of benzene rings is 2. The lowest BCUT2D eigenvalue weighted by atomic mass is 10.0. The summed E-state index contributed by atoms with van der Waals surface area (Å²) in [5, 5.41) is 3.34. The maximum Gasteiger partial charge on any atom is 0.263 e. The summed E-state index contributed by atoms with van der Waals surface area (Å²) in [6.07, 6.45) is 2.51. The Kier molecular flexibility index (Phi) is 6.12. The number of sulfonamides is 1. The predicted octanol–water partition coefficient (Wildman–Crippen LogP) is 3.74. The molecule has 9 heteroatoms. The smallest absolute Gasteiger partial charge is 0.263 e. The van der Waals surface area contributed by atoms with E-state index in [1.807, 2.05) is 26.0 Å². The van der Waals surface area contributed by atoms with Crippen molar-refractivity contribution in [3.63, 3.8) is 0 Å². The fourth-order valence-corrected chi connectivity index (χ4v) is 5.58. The van der Waals surface area contributed by atoms with E-state index in [4.69, 9.17) is 0 Å². The highest BCUT2D eigenvalue weighted by atomic mass is 32.2. The van der Waals surface area contributed by atoms with Crippen LogP contribution in [0.1, 0.15) is 35.4 Å². The Morgan fingerprint density at radius 1 is 1.16 bits per heavy atom. The molecule has 1 aromatic heterocycles. The number of amidine groups is 1. The number of hydrogen-bond acceptors (Lipinski definition) is 6. The lowest BCUT2D eigenvalue weighted by Crippen LogP contribution is -2.34. The van der Waals surface area contributed by atoms with Gasteiger partial charge in [-0.2, -0.15) is 0 Å². The summed E-state index contributed by atoms with van der Waals surface area (Å²) < 4.78 is 27.2. The summed E-state index contributed by atoms with van der Waals surface area (Å²) in [5.41, 5.74) is 2.90. The van der Waals surface area contributed by atoms with Crippen LogP contribution in [0.15, 0.2) is 64.6 Å². The highest BCUT2D eigenvalue weighted by molar-refractivity contribution is 7.90. The largest absolute Gasteiger partial charge is 0.300 e. The minimum absolute atomic E-state index is 0.147. The van der Waals surface area contributed by atoms with Gasteiger partial charge in [-0.3, -0.25) is 14.5 Å². The maximum absolute atomic E-state index is 13.0. The molecule has 1 aliphatic heterocycles. The van der Waals surface area contributed by atoms with Crippen LogP contribution >= 0.6 is 11.3 Å². The summed E-state index contributed by atoms with van der Waals surface area (Å²) in [7, 11) is -3.66. The Morgan fingerprint density at radius 3 is 2.62 bits per heavy atom. The summed E-state index contributed by atoms with van der Waals surface area (Å²) in [4.78, 5) is 23.0. The van der Waals surface area contributed by atoms with Crippen molar-refractivity contribution in [2.24, 2.45) is 10.9 Å². The number of aryl methyl sites for hydroxylation is 1. The van der Waals surface area contributed by atoms with Gasteiger partial charge in [0.25, 0.3) is 15.9 Å². The molecule has 1 aliphatic rings. The zero-order valence-electron chi connectivity index (χ0n) is 18.0. The minimum atomic E-state index is -3.66. The molecule has 2 aromatic carbocycles. The van der Waals surface area contributed by atoms with E-state index in [0.717, 1.165) is 11.3 Å². The van der Waals surface area contributed by atoms with Crippen molar-refractivity contribution in [3.05, 3.63) is 76.3 Å². The van der Waals surface area contributed by atoms with Crippen LogP contribution < -0.4 is 10.0 Å². The summed E-state index contributed by atoms with van der Waals surface area (Å²) >= 11 is 1.42. The summed E-state index contributed by atoms with van der Waals surface area (Å²) in [6.45, 7) is 5.81. The maximum atomic E-state index is 13.0. The van der Waals surface area contributed by atoms with Crippen molar-refractivity contribution in [1.29, 1.82) is 0 Å². The molecule has 3 aromatic rings. The number of hydrogen-bond donors (Lipinski definition) is 2. The van der Waals surface area contributed by atoms with E-state index in [2.05, 4.69) is 39.1 Å². The molecule has 1 amide bonds. The van der Waals surface area contributed by atoms with Crippen molar-refractivity contribution in [1.82, 2.24) is 9.71 Å². The van der Waals surface area contributed by atoms with Gasteiger partial charge < -0.3 is 5.32 Å². The average molecular weight is 469 g/mol. The Labute approximate surface area is 191 Å². The lowest BCUT2D eigenvalue weighted by Gasteiger charge is -2.16. The van der Waals surface area contributed by atoms with Gasteiger partial charge in [0, 0.05) is 23.1 Å². The van der Waals surface area contributed by atoms with Gasteiger partial charge in [0.2, 0.25) is 0 Å². The summed E-state index contributed by atoms with van der Waals surface area (Å²) in [5.74, 6) is -0.284. The minimum Gasteiger partial charge on any atom is -0.300 e. The number of rotatable bonds is 6. The van der Waals surface area contributed by atoms with Gasteiger partial charge in [0.1, 0.15) is 11.9 Å². The molecular formula is C23H24N4O3S2. The second kappa shape index (κ2) is 8.84. The SMILES string of the molecule is Cc1ccccc1Cc1cnc(NC(=O)[C@@H](N=C2NS(=O)(=O)c3ccccc32)C(C)C)s1. The van der Waals surface area contributed by atoms with E-state index in [1.54, 1.807) is 24.4 Å². The number of thiazole rings is 1. The van der Waals surface area contributed by atoms with Crippen LogP contribution in [-0.4, -0.2) is 31.2 Å². The zero-order chi connectivity index (χ0) is 22.9. The molecule has 1 atom stereocenters. The monoisotopic (exact) mass is 468 g/mol. The quantitative estimate of drug-likeness (QED) is 0.575. The third-order valence-corrected chi connectivity index (χ3v) is 7.55. The van der Waals surface area contributed by atoms with E-state index < -0.39 is 16.1 Å². The second-order valence-electron chi connectivity index (χ2n) is 7.99. The number of aromatic nitrogens is 1. The summed E-state index contributed by atoms with van der Waals surface area (Å²) in [6, 6.07) is 14.0. The molecular weight excluding hydrogens is 444 g/mol. The van der Waals surface area contributed by atoms with Gasteiger partial charge >= 0.3 is 0 Å². The molecule has 0 fully saturated rings. The molecule has 0 bridgehead atoms. The first-order valence-electron chi connectivity index (χ1n) is 10.2. The number of nitrogens with one attached hydrogen (secondary N) is 2. The number of nitrogens with zero attached hydrogens (tertiary/aromatic N) is 2. The molecule has 0 saturated carbocycles. The first-order valence-corrected chi connectivity index (χ1v) is 12.5. The first-order chi connectivity index (χ1) is 15.2. The Bertz CT molecular complexity index is 1300. The van der Waals surface area contributed by atoms with Crippen LogP contribution in [0.5, 0.6) is 0 Å². The van der Waals surface area contributed by atoms with Crippen LogP contribution in [0.25, 0.3) is 0 Å². The van der Waals surface area contributed by atoms with Crippen LogP contribution in [0, 0.1) is 12.8 Å². The van der Waals surface area contributed by atoms with Crippen LogP contribution in [0.3, 0.4) is 0 Å². The molecule has 166 valence electrons. The molecule has 0 saturated heterocycles. The zero-order valence-corrected chi connectivity index (χ0v) is 19.6. The van der Waals surface area contributed by atoms with Gasteiger partial charge in [-0.05, 0) is 36.1 Å². The topological polar surface area (TPSA) is 101 Å². The van der Waals surface area contributed by atoms with Crippen molar-refractivity contribution >= 4 is 38.2 Å². The standard InChI is InChI=1S/C23H24N4O3S2/c1-14(2)20(25-21-18-10-6-7-11-19(18)32(29,30)27-21)22(28)26-23-24-13-17(31-23)12-16-9-5-4-8-15(16)3/h4-11,13-14,20H,12H2,1-3H3,(H,25,27)(H,24,26,28)/t20-/m0/s1. The lowest BCUT2D eigenvalue weighted by molar-refractivity contribution is -0.118. The van der Waals surface area contributed by atoms with Gasteiger partial charge in [-0.15, -0.1) is 11.3 Å². The number of carbonyl (C=O) groups is 1. The number of carbonyl (C=O) groups excluding carboxylic acids is 1. The number of fused-ring (bicyclic) bond motifs is 1. The van der Waals surface area contributed by atoms with Gasteiger partial charge in [-0.1, -0.05) is 50.2 Å². The fraction of sp³-hybridized carbons (Fsp3) is 0.261. The molecule has 0 radical (unpaired) electrons. The predicted molar refractivity (Wildman–Crippen MR) is 127 cm³/mol. The van der Waals surface area contributed by atoms with Crippen LogP contribution in [0.4, 0.5) is 5.13 Å². The molecule has 2 N–H and O–H groups in total. The van der Waals surface area contributed by atoms with Gasteiger partial charge in [-0.25, -0.2) is 13.4 Å². The van der Waals surface area contributed by atoms with Crippen molar-refractivity contribution in [2.75, 3.05) is 5.32 Å². The average Bonchev–Trinajstić information content (AvgIpc) is 3.29. The fourth-order valence-electron chi connectivity index (χ4n) is 3.50. The highest BCUT2D eigenvalue weighted by Gasteiger charge is 2.32. The molecule has 0 unspecified atom stereocenters. The Balaban J connectivity index is 1.53. The second-order valence-corrected chi connectivity index (χ2v) is 10.8. The van der Waals surface area contributed by atoms with Gasteiger partial charge in [0.15, 0.2) is 5.13 Å². The number of anilines is 1. The Morgan fingerprint density at radius 2 is 1.88 bits per heavy atom. The molecule has 0 aliphatic carbocycles. The van der Waals surface area contributed by atoms with E-state index in [1.165, 1.54) is 28.5 Å². The normalized spacial score (nSPS) is 16.6. The molecule has 4 rings (SSSR count). The molecule has 32 heavy (non-hydrogen) atoms. The molecule has 7 nitrogen and oxygen atoms in total. The third kappa shape index (κ3) is 4.58. The van der Waals surface area contributed by atoms with Crippen LogP contribution in [0.2, 0.25) is 0 Å².